The van der Waals surface area contributed by atoms with Crippen molar-refractivity contribution in [1.82, 2.24) is 10.2 Å². The number of carbonyl (C=O) groups is 3. The molecule has 7 heteroatoms. The van der Waals surface area contributed by atoms with Crippen molar-refractivity contribution in [3.05, 3.63) is 56.7 Å². The molecule has 1 aromatic carbocycles. The Kier molecular flexibility index (Phi) is 4.91. The van der Waals surface area contributed by atoms with Gasteiger partial charge in [-0.15, -0.1) is 11.3 Å². The first-order valence-electron chi connectivity index (χ1n) is 8.56. The largest absolute Gasteiger partial charge is 0.325 e. The second-order valence-corrected chi connectivity index (χ2v) is 9.52. The van der Waals surface area contributed by atoms with Gasteiger partial charge in [0.25, 0.3) is 5.91 Å². The van der Waals surface area contributed by atoms with Crippen molar-refractivity contribution in [3.8, 4) is 0 Å². The zero-order chi connectivity index (χ0) is 20.0. The quantitative estimate of drug-likeness (QED) is 0.608. The second-order valence-electron chi connectivity index (χ2n) is 7.80. The molecule has 1 aliphatic rings. The summed E-state index contributed by atoms with van der Waals surface area (Å²) in [6.07, 6.45) is 0. The second kappa shape index (κ2) is 6.77. The fraction of sp³-hybridized carbons (Fsp3) is 0.350. The molecule has 3 amide bonds. The number of benzene rings is 1. The molecular weight excluding hydrogens is 384 g/mol. The molecular formula is C20H21ClN2O3S. The van der Waals surface area contributed by atoms with Crippen LogP contribution in [0.4, 0.5) is 4.79 Å². The average Bonchev–Trinajstić information content (AvgIpc) is 3.12. The minimum atomic E-state index is -1.19. The Morgan fingerprint density at radius 3 is 2.30 bits per heavy atom. The number of urea groups is 1. The maximum Gasteiger partial charge on any atom is 0.325 e. The Bertz CT molecular complexity index is 914. The summed E-state index contributed by atoms with van der Waals surface area (Å²) >= 11 is 6.98. The number of halogens is 1. The number of nitrogens with one attached hydrogen (secondary N) is 1. The third kappa shape index (κ3) is 3.64. The Morgan fingerprint density at radius 1 is 1.15 bits per heavy atom. The van der Waals surface area contributed by atoms with Gasteiger partial charge in [-0.1, -0.05) is 56.6 Å². The molecule has 1 aromatic heterocycles. The van der Waals surface area contributed by atoms with Gasteiger partial charge in [-0.25, -0.2) is 4.79 Å². The maximum atomic E-state index is 13.0. The van der Waals surface area contributed by atoms with Crippen LogP contribution in [-0.2, 0) is 15.7 Å². The Balaban J connectivity index is 1.83. The molecule has 3 rings (SSSR count). The fourth-order valence-corrected chi connectivity index (χ4v) is 4.00. The van der Waals surface area contributed by atoms with Crippen molar-refractivity contribution in [2.45, 2.75) is 38.6 Å². The summed E-state index contributed by atoms with van der Waals surface area (Å²) in [5.74, 6) is -0.755. The highest BCUT2D eigenvalue weighted by atomic mass is 35.5. The number of thiophene rings is 1. The molecule has 1 aliphatic heterocycles. The van der Waals surface area contributed by atoms with Gasteiger partial charge in [-0.2, -0.15) is 0 Å². The standard InChI is InChI=1S/C20H21ClN2O3S/c1-19(2,3)12-5-7-13(8-6-12)20(4)17(25)23(18(26)22-20)11-14(24)15-9-10-16(21)27-15/h5-10H,11H2,1-4H3,(H,22,26)/t20-/m0/s1. The summed E-state index contributed by atoms with van der Waals surface area (Å²) < 4.78 is 0.485. The van der Waals surface area contributed by atoms with E-state index in [1.807, 2.05) is 24.3 Å². The molecule has 0 radical (unpaired) electrons. The van der Waals surface area contributed by atoms with Gasteiger partial charge in [0.05, 0.1) is 15.8 Å². The molecule has 0 bridgehead atoms. The van der Waals surface area contributed by atoms with Gasteiger partial charge in [0.2, 0.25) is 0 Å². The number of imide groups is 1. The van der Waals surface area contributed by atoms with Crippen LogP contribution in [0.5, 0.6) is 0 Å². The highest BCUT2D eigenvalue weighted by molar-refractivity contribution is 7.18. The van der Waals surface area contributed by atoms with Crippen LogP contribution in [0, 0.1) is 0 Å². The minimum absolute atomic E-state index is 0.0111. The lowest BCUT2D eigenvalue weighted by Gasteiger charge is -2.24. The van der Waals surface area contributed by atoms with Crippen LogP contribution >= 0.6 is 22.9 Å². The number of hydrogen-bond donors (Lipinski definition) is 1. The molecule has 0 spiro atoms. The lowest BCUT2D eigenvalue weighted by atomic mass is 9.84. The number of Topliss-reactive ketones (excluding diaryl/α,β-unsaturated/α-hetero) is 1. The van der Waals surface area contributed by atoms with Crippen molar-refractivity contribution < 1.29 is 14.4 Å². The lowest BCUT2D eigenvalue weighted by Crippen LogP contribution is -2.41. The van der Waals surface area contributed by atoms with Crippen molar-refractivity contribution >= 4 is 40.7 Å². The van der Waals surface area contributed by atoms with Crippen molar-refractivity contribution in [1.29, 1.82) is 0 Å². The van der Waals surface area contributed by atoms with Gasteiger partial charge in [0.1, 0.15) is 5.54 Å². The normalized spacial score (nSPS) is 20.1. The first-order valence-corrected chi connectivity index (χ1v) is 9.75. The number of nitrogens with zero attached hydrogens (tertiary/aromatic N) is 1. The molecule has 27 heavy (non-hydrogen) atoms. The monoisotopic (exact) mass is 404 g/mol. The van der Waals surface area contributed by atoms with E-state index in [0.717, 1.165) is 21.8 Å². The molecule has 0 aliphatic carbocycles. The molecule has 142 valence electrons. The summed E-state index contributed by atoms with van der Waals surface area (Å²) in [6, 6.07) is 10.3. The van der Waals surface area contributed by atoms with Gasteiger partial charge >= 0.3 is 6.03 Å². The summed E-state index contributed by atoms with van der Waals surface area (Å²) in [5, 5.41) is 2.73. The number of hydrogen-bond acceptors (Lipinski definition) is 4. The number of carbonyl (C=O) groups excluding carboxylic acids is 3. The van der Waals surface area contributed by atoms with Gasteiger partial charge < -0.3 is 5.32 Å². The Morgan fingerprint density at radius 2 is 1.78 bits per heavy atom. The summed E-state index contributed by atoms with van der Waals surface area (Å²) in [7, 11) is 0. The molecule has 0 unspecified atom stereocenters. The summed E-state index contributed by atoms with van der Waals surface area (Å²) in [6.45, 7) is 7.67. The topological polar surface area (TPSA) is 66.5 Å². The van der Waals surface area contributed by atoms with E-state index in [9.17, 15) is 14.4 Å². The predicted octanol–water partition coefficient (Wildman–Crippen LogP) is 4.35. The van der Waals surface area contributed by atoms with Gasteiger partial charge in [0, 0.05) is 0 Å². The van der Waals surface area contributed by atoms with Crippen LogP contribution in [0.15, 0.2) is 36.4 Å². The predicted molar refractivity (Wildman–Crippen MR) is 106 cm³/mol. The van der Waals surface area contributed by atoms with Gasteiger partial charge in [-0.3, -0.25) is 14.5 Å². The Hall–Kier alpha value is -2.18. The van der Waals surface area contributed by atoms with Crippen LogP contribution in [0.25, 0.3) is 0 Å². The van der Waals surface area contributed by atoms with E-state index in [4.69, 9.17) is 11.6 Å². The molecule has 1 N–H and O–H groups in total. The number of ketones is 1. The smallest absolute Gasteiger partial charge is 0.319 e. The first-order chi connectivity index (χ1) is 12.5. The molecule has 2 aromatic rings. The third-order valence-corrected chi connectivity index (χ3v) is 6.03. The highest BCUT2D eigenvalue weighted by Gasteiger charge is 2.49. The van der Waals surface area contributed by atoms with Crippen LogP contribution in [0.3, 0.4) is 0 Å². The molecule has 1 atom stereocenters. The number of rotatable bonds is 4. The zero-order valence-corrected chi connectivity index (χ0v) is 17.2. The first kappa shape index (κ1) is 19.6. The molecule has 2 heterocycles. The van der Waals surface area contributed by atoms with Gasteiger partial charge in [-0.05, 0) is 35.6 Å². The van der Waals surface area contributed by atoms with Crippen molar-refractivity contribution in [3.63, 3.8) is 0 Å². The molecule has 1 fully saturated rings. The van der Waals surface area contributed by atoms with E-state index < -0.39 is 17.5 Å². The minimum Gasteiger partial charge on any atom is -0.319 e. The Labute approximate surface area is 167 Å². The van der Waals surface area contributed by atoms with Crippen LogP contribution in [0.2, 0.25) is 4.34 Å². The SMILES string of the molecule is CC(C)(C)c1ccc([C@]2(C)NC(=O)N(CC(=O)c3ccc(Cl)s3)C2=O)cc1. The van der Waals surface area contributed by atoms with Crippen molar-refractivity contribution in [2.24, 2.45) is 0 Å². The van der Waals surface area contributed by atoms with Crippen LogP contribution in [0.1, 0.15) is 48.5 Å². The average molecular weight is 405 g/mol. The lowest BCUT2D eigenvalue weighted by molar-refractivity contribution is -0.130. The number of amides is 3. The third-order valence-electron chi connectivity index (χ3n) is 4.75. The maximum absolute atomic E-state index is 13.0. The van der Waals surface area contributed by atoms with Crippen molar-refractivity contribution in [2.75, 3.05) is 6.54 Å². The van der Waals surface area contributed by atoms with E-state index in [2.05, 4.69) is 26.1 Å². The van der Waals surface area contributed by atoms with E-state index >= 15 is 0 Å². The zero-order valence-electron chi connectivity index (χ0n) is 15.6. The van der Waals surface area contributed by atoms with Crippen LogP contribution in [-0.4, -0.2) is 29.2 Å². The fourth-order valence-electron chi connectivity index (χ4n) is 3.03. The van der Waals surface area contributed by atoms with Gasteiger partial charge in [0.15, 0.2) is 5.78 Å². The highest BCUT2D eigenvalue weighted by Crippen LogP contribution is 2.31. The van der Waals surface area contributed by atoms with E-state index in [1.54, 1.807) is 19.1 Å². The van der Waals surface area contributed by atoms with E-state index in [-0.39, 0.29) is 17.7 Å². The van der Waals surface area contributed by atoms with E-state index in [0.29, 0.717) is 14.8 Å². The van der Waals surface area contributed by atoms with Crippen LogP contribution < -0.4 is 5.32 Å². The molecule has 0 saturated carbocycles. The summed E-state index contributed by atoms with van der Waals surface area (Å²) in [4.78, 5) is 39.1. The molecule has 1 saturated heterocycles. The summed E-state index contributed by atoms with van der Waals surface area (Å²) in [5.41, 5.74) is 0.611. The van der Waals surface area contributed by atoms with E-state index in [1.165, 1.54) is 0 Å². The molecule has 5 nitrogen and oxygen atoms in total.